The molecule has 1 unspecified atom stereocenters. The Morgan fingerprint density at radius 1 is 1.35 bits per heavy atom. The molecule has 0 aliphatic carbocycles. The Hall–Kier alpha value is -1.63. The fourth-order valence-electron chi connectivity index (χ4n) is 2.16. The molecule has 2 aliphatic rings. The van der Waals surface area contributed by atoms with Gasteiger partial charge in [0, 0.05) is 19.6 Å². The Labute approximate surface area is 98.5 Å². The van der Waals surface area contributed by atoms with Crippen molar-refractivity contribution in [2.45, 2.75) is 18.9 Å². The molecule has 92 valence electrons. The van der Waals surface area contributed by atoms with Gasteiger partial charge in [-0.25, -0.2) is 0 Å². The normalized spacial score (nSPS) is 25.1. The van der Waals surface area contributed by atoms with Gasteiger partial charge in [-0.2, -0.15) is 4.98 Å². The predicted molar refractivity (Wildman–Crippen MR) is 59.5 cm³/mol. The summed E-state index contributed by atoms with van der Waals surface area (Å²) < 4.78 is 5.24. The SMILES string of the molecule is O=C1CNC(c2nc(N3CCCC3)no2)CN1. The molecular formula is C10H15N5O2. The van der Waals surface area contributed by atoms with Gasteiger partial charge in [-0.15, -0.1) is 0 Å². The van der Waals surface area contributed by atoms with E-state index in [0.29, 0.717) is 24.9 Å². The molecule has 2 fully saturated rings. The number of hydrogen-bond acceptors (Lipinski definition) is 6. The summed E-state index contributed by atoms with van der Waals surface area (Å²) in [6.07, 6.45) is 2.36. The molecule has 17 heavy (non-hydrogen) atoms. The fraction of sp³-hybridized carbons (Fsp3) is 0.700. The molecule has 2 N–H and O–H groups in total. The van der Waals surface area contributed by atoms with Crippen LogP contribution in [0.15, 0.2) is 4.52 Å². The lowest BCUT2D eigenvalue weighted by molar-refractivity contribution is -0.121. The lowest BCUT2D eigenvalue weighted by Crippen LogP contribution is -2.47. The number of hydrogen-bond donors (Lipinski definition) is 2. The van der Waals surface area contributed by atoms with Crippen LogP contribution in [0.4, 0.5) is 5.95 Å². The second-order valence-corrected chi connectivity index (χ2v) is 4.36. The number of carbonyl (C=O) groups is 1. The maximum Gasteiger partial charge on any atom is 0.266 e. The molecule has 7 nitrogen and oxygen atoms in total. The van der Waals surface area contributed by atoms with Crippen molar-refractivity contribution in [1.82, 2.24) is 20.8 Å². The molecule has 1 atom stereocenters. The first-order chi connectivity index (χ1) is 8.33. The number of amides is 1. The highest BCUT2D eigenvalue weighted by Gasteiger charge is 2.25. The van der Waals surface area contributed by atoms with Crippen LogP contribution >= 0.6 is 0 Å². The quantitative estimate of drug-likeness (QED) is 0.716. The molecule has 7 heteroatoms. The standard InChI is InChI=1S/C10H15N5O2/c16-8-6-11-7(5-12-8)9-13-10(14-17-9)15-3-1-2-4-15/h7,11H,1-6H2,(H,12,16). The van der Waals surface area contributed by atoms with E-state index >= 15 is 0 Å². The molecule has 0 spiro atoms. The summed E-state index contributed by atoms with van der Waals surface area (Å²) in [6.45, 7) is 2.79. The van der Waals surface area contributed by atoms with Crippen molar-refractivity contribution >= 4 is 11.9 Å². The third kappa shape index (κ3) is 2.10. The number of nitrogens with one attached hydrogen (secondary N) is 2. The molecule has 1 amide bonds. The minimum atomic E-state index is -0.0726. The van der Waals surface area contributed by atoms with Crippen LogP contribution in [-0.2, 0) is 4.79 Å². The van der Waals surface area contributed by atoms with Crippen LogP contribution in [0.25, 0.3) is 0 Å². The third-order valence-electron chi connectivity index (χ3n) is 3.13. The van der Waals surface area contributed by atoms with Gasteiger partial charge in [0.25, 0.3) is 5.95 Å². The van der Waals surface area contributed by atoms with Crippen LogP contribution in [0.5, 0.6) is 0 Å². The third-order valence-corrected chi connectivity index (χ3v) is 3.13. The van der Waals surface area contributed by atoms with E-state index in [-0.39, 0.29) is 11.9 Å². The fourth-order valence-corrected chi connectivity index (χ4v) is 2.16. The topological polar surface area (TPSA) is 83.3 Å². The predicted octanol–water partition coefficient (Wildman–Crippen LogP) is -0.570. The Kier molecular flexibility index (Phi) is 2.68. The zero-order chi connectivity index (χ0) is 11.7. The minimum absolute atomic E-state index is 0.000492. The van der Waals surface area contributed by atoms with E-state index in [4.69, 9.17) is 4.52 Å². The van der Waals surface area contributed by atoms with Crippen LogP contribution in [0.3, 0.4) is 0 Å². The Balaban J connectivity index is 1.69. The number of carbonyl (C=O) groups excluding carboxylic acids is 1. The molecule has 1 aromatic heterocycles. The van der Waals surface area contributed by atoms with Gasteiger partial charge in [-0.3, -0.25) is 10.1 Å². The first kappa shape index (κ1) is 10.5. The number of rotatable bonds is 2. The molecule has 2 aliphatic heterocycles. The monoisotopic (exact) mass is 237 g/mol. The highest BCUT2D eigenvalue weighted by Crippen LogP contribution is 2.19. The first-order valence-electron chi connectivity index (χ1n) is 5.91. The number of anilines is 1. The van der Waals surface area contributed by atoms with Crippen molar-refractivity contribution < 1.29 is 9.32 Å². The second kappa shape index (κ2) is 4.33. The zero-order valence-electron chi connectivity index (χ0n) is 9.48. The Morgan fingerprint density at radius 3 is 2.88 bits per heavy atom. The van der Waals surface area contributed by atoms with Crippen LogP contribution < -0.4 is 15.5 Å². The van der Waals surface area contributed by atoms with E-state index in [9.17, 15) is 4.79 Å². The summed E-state index contributed by atoms with van der Waals surface area (Å²) in [5.74, 6) is 1.21. The molecule has 0 bridgehead atoms. The molecule has 0 aromatic carbocycles. The second-order valence-electron chi connectivity index (χ2n) is 4.36. The van der Waals surface area contributed by atoms with Gasteiger partial charge < -0.3 is 14.7 Å². The van der Waals surface area contributed by atoms with Gasteiger partial charge in [0.15, 0.2) is 0 Å². The summed E-state index contributed by atoms with van der Waals surface area (Å²) >= 11 is 0. The smallest absolute Gasteiger partial charge is 0.266 e. The molecular weight excluding hydrogens is 222 g/mol. The van der Waals surface area contributed by atoms with Crippen LogP contribution in [0, 0.1) is 0 Å². The molecule has 3 rings (SSSR count). The number of nitrogens with zero attached hydrogens (tertiary/aromatic N) is 3. The van der Waals surface area contributed by atoms with Crippen molar-refractivity contribution in [2.75, 3.05) is 31.1 Å². The van der Waals surface area contributed by atoms with Crippen molar-refractivity contribution in [2.24, 2.45) is 0 Å². The Bertz CT molecular complexity index is 403. The van der Waals surface area contributed by atoms with Crippen molar-refractivity contribution in [1.29, 1.82) is 0 Å². The number of piperazine rings is 1. The molecule has 1 aromatic rings. The first-order valence-corrected chi connectivity index (χ1v) is 5.91. The average Bonchev–Trinajstić information content (AvgIpc) is 3.00. The average molecular weight is 237 g/mol. The minimum Gasteiger partial charge on any atom is -0.353 e. The van der Waals surface area contributed by atoms with Gasteiger partial charge in [-0.05, 0) is 18.0 Å². The summed E-state index contributed by atoms with van der Waals surface area (Å²) in [5.41, 5.74) is 0. The summed E-state index contributed by atoms with van der Waals surface area (Å²) in [4.78, 5) is 17.5. The largest absolute Gasteiger partial charge is 0.353 e. The van der Waals surface area contributed by atoms with E-state index < -0.39 is 0 Å². The van der Waals surface area contributed by atoms with Gasteiger partial charge >= 0.3 is 0 Å². The van der Waals surface area contributed by atoms with Gasteiger partial charge in [0.05, 0.1) is 6.54 Å². The summed E-state index contributed by atoms with van der Waals surface area (Å²) in [6, 6.07) is -0.0726. The highest BCUT2D eigenvalue weighted by atomic mass is 16.5. The number of aromatic nitrogens is 2. The maximum atomic E-state index is 11.0. The molecule has 2 saturated heterocycles. The van der Waals surface area contributed by atoms with Crippen LogP contribution in [0.1, 0.15) is 24.8 Å². The van der Waals surface area contributed by atoms with Crippen molar-refractivity contribution in [3.05, 3.63) is 5.89 Å². The van der Waals surface area contributed by atoms with E-state index in [0.717, 1.165) is 13.1 Å². The Morgan fingerprint density at radius 2 is 2.18 bits per heavy atom. The van der Waals surface area contributed by atoms with E-state index in [2.05, 4.69) is 25.7 Å². The lowest BCUT2D eigenvalue weighted by atomic mass is 10.2. The van der Waals surface area contributed by atoms with Crippen molar-refractivity contribution in [3.63, 3.8) is 0 Å². The van der Waals surface area contributed by atoms with Crippen LogP contribution in [-0.4, -0.2) is 42.2 Å². The van der Waals surface area contributed by atoms with Gasteiger partial charge in [-0.1, -0.05) is 0 Å². The summed E-state index contributed by atoms with van der Waals surface area (Å²) in [5, 5.41) is 9.81. The molecule has 0 radical (unpaired) electrons. The van der Waals surface area contributed by atoms with Gasteiger partial charge in [0.1, 0.15) is 6.04 Å². The molecule has 0 saturated carbocycles. The van der Waals surface area contributed by atoms with E-state index in [1.807, 2.05) is 0 Å². The van der Waals surface area contributed by atoms with Crippen LogP contribution in [0.2, 0.25) is 0 Å². The van der Waals surface area contributed by atoms with E-state index in [1.54, 1.807) is 0 Å². The van der Waals surface area contributed by atoms with Gasteiger partial charge in [0.2, 0.25) is 11.8 Å². The highest BCUT2D eigenvalue weighted by molar-refractivity contribution is 5.78. The van der Waals surface area contributed by atoms with Crippen molar-refractivity contribution in [3.8, 4) is 0 Å². The maximum absolute atomic E-state index is 11.0. The zero-order valence-corrected chi connectivity index (χ0v) is 9.48. The van der Waals surface area contributed by atoms with E-state index in [1.165, 1.54) is 12.8 Å². The summed E-state index contributed by atoms with van der Waals surface area (Å²) in [7, 11) is 0. The lowest BCUT2D eigenvalue weighted by Gasteiger charge is -2.20. The molecule has 3 heterocycles.